The van der Waals surface area contributed by atoms with Crippen molar-refractivity contribution in [3.05, 3.63) is 18.3 Å². The number of nitrogens with zero attached hydrogens (tertiary/aromatic N) is 5. The highest BCUT2D eigenvalue weighted by Crippen LogP contribution is 2.13. The van der Waals surface area contributed by atoms with Crippen LogP contribution in [-0.4, -0.2) is 78.4 Å². The number of piperazine rings is 1. The molecule has 0 spiro atoms. The topological polar surface area (TPSA) is 64.6 Å². The van der Waals surface area contributed by atoms with Crippen molar-refractivity contribution in [1.82, 2.24) is 25.3 Å². The lowest BCUT2D eigenvalue weighted by atomic mass is 10.1. The van der Waals surface area contributed by atoms with E-state index in [9.17, 15) is 4.79 Å². The Morgan fingerprint density at radius 1 is 1.18 bits per heavy atom. The van der Waals surface area contributed by atoms with Crippen molar-refractivity contribution >= 4 is 11.8 Å². The molecule has 0 saturated carbocycles. The Morgan fingerprint density at radius 3 is 2.55 bits per heavy atom. The van der Waals surface area contributed by atoms with Gasteiger partial charge in [0.2, 0.25) is 0 Å². The second-order valence-electron chi connectivity index (χ2n) is 6.08. The van der Waals surface area contributed by atoms with E-state index < -0.39 is 0 Å². The SMILES string of the molecule is CN1CCC(NC(=O)N2CCN(c3cccnn3)CC2)CC1. The third-order valence-electron chi connectivity index (χ3n) is 4.50. The van der Waals surface area contributed by atoms with Crippen molar-refractivity contribution < 1.29 is 4.79 Å². The summed E-state index contributed by atoms with van der Waals surface area (Å²) in [5.74, 6) is 0.887. The van der Waals surface area contributed by atoms with Crippen LogP contribution >= 0.6 is 0 Å². The summed E-state index contributed by atoms with van der Waals surface area (Å²) in [6, 6.07) is 4.25. The van der Waals surface area contributed by atoms with Gasteiger partial charge in [-0.25, -0.2) is 4.79 Å². The van der Waals surface area contributed by atoms with Crippen LogP contribution in [0.4, 0.5) is 10.6 Å². The number of piperidine rings is 1. The number of anilines is 1. The van der Waals surface area contributed by atoms with Gasteiger partial charge in [0, 0.05) is 38.4 Å². The summed E-state index contributed by atoms with van der Waals surface area (Å²) in [6.07, 6.45) is 3.76. The van der Waals surface area contributed by atoms with Crippen LogP contribution in [0, 0.1) is 0 Å². The van der Waals surface area contributed by atoms with E-state index in [-0.39, 0.29) is 6.03 Å². The van der Waals surface area contributed by atoms with Gasteiger partial charge in [-0.05, 0) is 45.1 Å². The minimum Gasteiger partial charge on any atom is -0.352 e. The van der Waals surface area contributed by atoms with E-state index in [2.05, 4.69) is 32.4 Å². The molecule has 7 heteroatoms. The molecule has 0 aliphatic carbocycles. The molecule has 120 valence electrons. The maximum Gasteiger partial charge on any atom is 0.317 e. The highest BCUT2D eigenvalue weighted by molar-refractivity contribution is 5.74. The quantitative estimate of drug-likeness (QED) is 0.857. The molecule has 7 nitrogen and oxygen atoms in total. The third-order valence-corrected chi connectivity index (χ3v) is 4.50. The zero-order valence-corrected chi connectivity index (χ0v) is 13.1. The van der Waals surface area contributed by atoms with Crippen LogP contribution in [0.25, 0.3) is 0 Å². The van der Waals surface area contributed by atoms with Crippen molar-refractivity contribution in [1.29, 1.82) is 0 Å². The number of rotatable bonds is 2. The van der Waals surface area contributed by atoms with Gasteiger partial charge in [0.15, 0.2) is 5.82 Å². The molecule has 0 atom stereocenters. The fourth-order valence-corrected chi connectivity index (χ4v) is 3.02. The summed E-state index contributed by atoms with van der Waals surface area (Å²) < 4.78 is 0. The van der Waals surface area contributed by atoms with Crippen LogP contribution in [0.1, 0.15) is 12.8 Å². The van der Waals surface area contributed by atoms with Crippen molar-refractivity contribution in [3.8, 4) is 0 Å². The zero-order chi connectivity index (χ0) is 15.4. The van der Waals surface area contributed by atoms with Gasteiger partial charge in [-0.15, -0.1) is 5.10 Å². The molecule has 3 rings (SSSR count). The first kappa shape index (κ1) is 15.0. The number of nitrogens with one attached hydrogen (secondary N) is 1. The number of urea groups is 1. The minimum atomic E-state index is 0.0772. The van der Waals surface area contributed by atoms with Crippen molar-refractivity contribution in [2.45, 2.75) is 18.9 Å². The molecule has 3 heterocycles. The highest BCUT2D eigenvalue weighted by Gasteiger charge is 2.25. The lowest BCUT2D eigenvalue weighted by Gasteiger charge is -2.37. The monoisotopic (exact) mass is 304 g/mol. The van der Waals surface area contributed by atoms with Crippen molar-refractivity contribution in [2.24, 2.45) is 0 Å². The Balaban J connectivity index is 1.46. The first-order chi connectivity index (χ1) is 10.7. The van der Waals surface area contributed by atoms with E-state index in [1.54, 1.807) is 6.20 Å². The van der Waals surface area contributed by atoms with Crippen LogP contribution in [0.15, 0.2) is 18.3 Å². The standard InChI is InChI=1S/C15H24N6O/c1-19-7-4-13(5-8-19)17-15(22)21-11-9-20(10-12-21)14-3-2-6-16-18-14/h2-3,6,13H,4-5,7-12H2,1H3,(H,17,22). The van der Waals surface area contributed by atoms with Crippen molar-refractivity contribution in [3.63, 3.8) is 0 Å². The van der Waals surface area contributed by atoms with Crippen LogP contribution < -0.4 is 10.2 Å². The van der Waals surface area contributed by atoms with Crippen LogP contribution in [-0.2, 0) is 0 Å². The summed E-state index contributed by atoms with van der Waals surface area (Å²) in [7, 11) is 2.13. The Labute approximate surface area is 131 Å². The lowest BCUT2D eigenvalue weighted by molar-refractivity contribution is 0.178. The summed E-state index contributed by atoms with van der Waals surface area (Å²) in [5.41, 5.74) is 0. The second-order valence-corrected chi connectivity index (χ2v) is 6.08. The Kier molecular flexibility index (Phi) is 4.72. The van der Waals surface area contributed by atoms with Crippen LogP contribution in [0.5, 0.6) is 0 Å². The smallest absolute Gasteiger partial charge is 0.317 e. The lowest BCUT2D eigenvalue weighted by Crippen LogP contribution is -2.54. The maximum absolute atomic E-state index is 12.3. The van der Waals surface area contributed by atoms with E-state index in [1.165, 1.54) is 0 Å². The molecule has 22 heavy (non-hydrogen) atoms. The molecular formula is C15H24N6O. The number of carbonyl (C=O) groups excluding carboxylic acids is 1. The molecule has 0 radical (unpaired) electrons. The fraction of sp³-hybridized carbons (Fsp3) is 0.667. The average Bonchev–Trinajstić information content (AvgIpc) is 2.58. The van der Waals surface area contributed by atoms with Gasteiger partial charge >= 0.3 is 6.03 Å². The third kappa shape index (κ3) is 3.65. The number of likely N-dealkylation sites (tertiary alicyclic amines) is 1. The normalized spacial score (nSPS) is 21.0. The zero-order valence-electron chi connectivity index (χ0n) is 13.1. The maximum atomic E-state index is 12.3. The largest absolute Gasteiger partial charge is 0.352 e. The molecule has 0 aromatic carbocycles. The first-order valence-corrected chi connectivity index (χ1v) is 7.99. The Morgan fingerprint density at radius 2 is 1.91 bits per heavy atom. The van der Waals surface area contributed by atoms with Crippen molar-refractivity contribution in [2.75, 3.05) is 51.2 Å². The minimum absolute atomic E-state index is 0.0772. The molecular weight excluding hydrogens is 280 g/mol. The Hall–Kier alpha value is -1.89. The summed E-state index contributed by atoms with van der Waals surface area (Å²) >= 11 is 0. The molecule has 2 amide bonds. The number of amides is 2. The second kappa shape index (κ2) is 6.91. The van der Waals surface area contributed by atoms with Gasteiger partial charge in [0.05, 0.1) is 0 Å². The van der Waals surface area contributed by atoms with E-state index in [4.69, 9.17) is 0 Å². The summed E-state index contributed by atoms with van der Waals surface area (Å²) in [5, 5.41) is 11.2. The average molecular weight is 304 g/mol. The van der Waals surface area contributed by atoms with E-state index >= 15 is 0 Å². The highest BCUT2D eigenvalue weighted by atomic mass is 16.2. The number of hydrogen-bond donors (Lipinski definition) is 1. The molecule has 1 N–H and O–H groups in total. The number of carbonyl (C=O) groups is 1. The van der Waals surface area contributed by atoms with E-state index in [1.807, 2.05) is 17.0 Å². The summed E-state index contributed by atoms with van der Waals surface area (Å²) in [6.45, 7) is 5.19. The fourth-order valence-electron chi connectivity index (χ4n) is 3.02. The molecule has 0 unspecified atom stereocenters. The van der Waals surface area contributed by atoms with Gasteiger partial charge in [0.25, 0.3) is 0 Å². The van der Waals surface area contributed by atoms with E-state index in [0.29, 0.717) is 6.04 Å². The predicted molar refractivity (Wildman–Crippen MR) is 84.9 cm³/mol. The molecule has 2 fully saturated rings. The molecule has 2 aliphatic rings. The predicted octanol–water partition coefficient (Wildman–Crippen LogP) is 0.402. The van der Waals surface area contributed by atoms with Crippen LogP contribution in [0.3, 0.4) is 0 Å². The number of hydrogen-bond acceptors (Lipinski definition) is 5. The van der Waals surface area contributed by atoms with Gasteiger partial charge < -0.3 is 20.0 Å². The molecule has 1 aromatic rings. The molecule has 2 aliphatic heterocycles. The number of aromatic nitrogens is 2. The molecule has 0 bridgehead atoms. The van der Waals surface area contributed by atoms with Gasteiger partial charge in [-0.1, -0.05) is 0 Å². The van der Waals surface area contributed by atoms with Gasteiger partial charge in [0.1, 0.15) is 0 Å². The van der Waals surface area contributed by atoms with Gasteiger partial charge in [-0.2, -0.15) is 5.10 Å². The molecule has 1 aromatic heterocycles. The molecule has 2 saturated heterocycles. The first-order valence-electron chi connectivity index (χ1n) is 7.99. The van der Waals surface area contributed by atoms with Gasteiger partial charge in [-0.3, -0.25) is 0 Å². The van der Waals surface area contributed by atoms with E-state index in [0.717, 1.165) is 57.9 Å². The van der Waals surface area contributed by atoms with Crippen LogP contribution in [0.2, 0.25) is 0 Å². The summed E-state index contributed by atoms with van der Waals surface area (Å²) in [4.78, 5) is 18.7. The Bertz CT molecular complexity index is 480.